The SMILES string of the molecule is CCC(CC(CN)CO)c1ccc(Cl)c(Cl)c1. The third-order valence-corrected chi connectivity index (χ3v) is 3.86. The largest absolute Gasteiger partial charge is 0.396 e. The highest BCUT2D eigenvalue weighted by Gasteiger charge is 2.16. The van der Waals surface area contributed by atoms with E-state index >= 15 is 0 Å². The molecular formula is C13H19Cl2NO. The molecule has 3 N–H and O–H groups in total. The molecule has 0 aliphatic heterocycles. The summed E-state index contributed by atoms with van der Waals surface area (Å²) in [4.78, 5) is 0. The molecule has 0 saturated heterocycles. The summed E-state index contributed by atoms with van der Waals surface area (Å²) < 4.78 is 0. The molecule has 1 aromatic carbocycles. The Morgan fingerprint density at radius 3 is 2.47 bits per heavy atom. The summed E-state index contributed by atoms with van der Waals surface area (Å²) in [6.07, 6.45) is 1.87. The number of aliphatic hydroxyl groups is 1. The minimum absolute atomic E-state index is 0.133. The first kappa shape index (κ1) is 14.8. The average molecular weight is 276 g/mol. The lowest BCUT2D eigenvalue weighted by molar-refractivity contribution is 0.214. The second-order valence-corrected chi connectivity index (χ2v) is 5.11. The van der Waals surface area contributed by atoms with E-state index in [-0.39, 0.29) is 12.5 Å². The summed E-state index contributed by atoms with van der Waals surface area (Å²) in [6.45, 7) is 2.76. The van der Waals surface area contributed by atoms with Gasteiger partial charge < -0.3 is 10.8 Å². The van der Waals surface area contributed by atoms with Crippen LogP contribution >= 0.6 is 23.2 Å². The molecule has 0 saturated carbocycles. The lowest BCUT2D eigenvalue weighted by Gasteiger charge is -2.20. The fraction of sp³-hybridized carbons (Fsp3) is 0.538. The van der Waals surface area contributed by atoms with Crippen molar-refractivity contribution in [1.29, 1.82) is 0 Å². The highest BCUT2D eigenvalue weighted by atomic mass is 35.5. The summed E-state index contributed by atoms with van der Waals surface area (Å²) in [5.74, 6) is 0.514. The van der Waals surface area contributed by atoms with Crippen LogP contribution < -0.4 is 5.73 Å². The summed E-state index contributed by atoms with van der Waals surface area (Å²) in [6, 6.07) is 5.72. The molecule has 2 atom stereocenters. The second kappa shape index (κ2) is 7.22. The Labute approximate surface area is 113 Å². The molecule has 2 unspecified atom stereocenters. The van der Waals surface area contributed by atoms with E-state index in [4.69, 9.17) is 28.9 Å². The van der Waals surface area contributed by atoms with E-state index in [0.29, 0.717) is 22.5 Å². The van der Waals surface area contributed by atoms with Crippen LogP contribution in [0.5, 0.6) is 0 Å². The van der Waals surface area contributed by atoms with Crippen molar-refractivity contribution >= 4 is 23.2 Å². The molecule has 0 aliphatic rings. The molecule has 17 heavy (non-hydrogen) atoms. The Hall–Kier alpha value is -0.280. The molecule has 2 nitrogen and oxygen atoms in total. The first-order valence-electron chi connectivity index (χ1n) is 5.88. The van der Waals surface area contributed by atoms with E-state index < -0.39 is 0 Å². The molecule has 4 heteroatoms. The number of hydrogen-bond acceptors (Lipinski definition) is 2. The number of aliphatic hydroxyl groups excluding tert-OH is 1. The van der Waals surface area contributed by atoms with Crippen molar-refractivity contribution < 1.29 is 5.11 Å². The van der Waals surface area contributed by atoms with Gasteiger partial charge in [0.15, 0.2) is 0 Å². The van der Waals surface area contributed by atoms with Crippen LogP contribution in [-0.4, -0.2) is 18.3 Å². The molecule has 96 valence electrons. The predicted octanol–water partition coefficient (Wildman–Crippen LogP) is 3.44. The first-order chi connectivity index (χ1) is 8.12. The van der Waals surface area contributed by atoms with Gasteiger partial charge in [-0.3, -0.25) is 0 Å². The van der Waals surface area contributed by atoms with E-state index in [9.17, 15) is 5.11 Å². The van der Waals surface area contributed by atoms with E-state index in [0.717, 1.165) is 18.4 Å². The fourth-order valence-corrected chi connectivity index (χ4v) is 2.26. The van der Waals surface area contributed by atoms with Gasteiger partial charge in [-0.2, -0.15) is 0 Å². The lowest BCUT2D eigenvalue weighted by Crippen LogP contribution is -2.20. The van der Waals surface area contributed by atoms with Gasteiger partial charge in [-0.05, 0) is 48.9 Å². The maximum absolute atomic E-state index is 9.19. The van der Waals surface area contributed by atoms with Crippen molar-refractivity contribution in [3.8, 4) is 0 Å². The second-order valence-electron chi connectivity index (χ2n) is 4.30. The van der Waals surface area contributed by atoms with Crippen molar-refractivity contribution in [1.82, 2.24) is 0 Å². The number of benzene rings is 1. The van der Waals surface area contributed by atoms with Crippen LogP contribution in [0.25, 0.3) is 0 Å². The minimum atomic E-state index is 0.133. The monoisotopic (exact) mass is 275 g/mol. The maximum Gasteiger partial charge on any atom is 0.0595 e. The molecule has 0 aromatic heterocycles. The first-order valence-corrected chi connectivity index (χ1v) is 6.63. The number of hydrogen-bond donors (Lipinski definition) is 2. The molecule has 1 aromatic rings. The van der Waals surface area contributed by atoms with Gasteiger partial charge in [0.2, 0.25) is 0 Å². The van der Waals surface area contributed by atoms with Crippen LogP contribution in [-0.2, 0) is 0 Å². The van der Waals surface area contributed by atoms with Crippen LogP contribution in [0.3, 0.4) is 0 Å². The summed E-state index contributed by atoms with van der Waals surface area (Å²) in [5, 5.41) is 10.3. The van der Waals surface area contributed by atoms with Crippen LogP contribution in [0.2, 0.25) is 10.0 Å². The molecular weight excluding hydrogens is 257 g/mol. The highest BCUT2D eigenvalue weighted by Crippen LogP contribution is 2.31. The Morgan fingerprint density at radius 2 is 2.00 bits per heavy atom. The molecule has 0 bridgehead atoms. The standard InChI is InChI=1S/C13H19Cl2NO/c1-2-10(5-9(7-16)8-17)11-3-4-12(14)13(15)6-11/h3-4,6,9-10,17H,2,5,7-8,16H2,1H3. The summed E-state index contributed by atoms with van der Waals surface area (Å²) in [7, 11) is 0. The van der Waals surface area contributed by atoms with Gasteiger partial charge in [0.25, 0.3) is 0 Å². The van der Waals surface area contributed by atoms with Gasteiger partial charge in [-0.25, -0.2) is 0 Å². The average Bonchev–Trinajstić information content (AvgIpc) is 2.35. The molecule has 0 aliphatic carbocycles. The normalized spacial score (nSPS) is 14.6. The Kier molecular flexibility index (Phi) is 6.28. The lowest BCUT2D eigenvalue weighted by atomic mass is 9.87. The van der Waals surface area contributed by atoms with Crippen LogP contribution in [0.4, 0.5) is 0 Å². The Balaban J connectivity index is 2.82. The van der Waals surface area contributed by atoms with Gasteiger partial charge in [0, 0.05) is 6.61 Å². The zero-order valence-corrected chi connectivity index (χ0v) is 11.5. The van der Waals surface area contributed by atoms with E-state index in [1.165, 1.54) is 0 Å². The molecule has 0 heterocycles. The van der Waals surface area contributed by atoms with Crippen molar-refractivity contribution in [2.45, 2.75) is 25.7 Å². The van der Waals surface area contributed by atoms with E-state index in [2.05, 4.69) is 6.92 Å². The van der Waals surface area contributed by atoms with Crippen LogP contribution in [0, 0.1) is 5.92 Å². The van der Waals surface area contributed by atoms with Gasteiger partial charge >= 0.3 is 0 Å². The van der Waals surface area contributed by atoms with Gasteiger partial charge in [-0.1, -0.05) is 36.2 Å². The Morgan fingerprint density at radius 1 is 1.29 bits per heavy atom. The highest BCUT2D eigenvalue weighted by molar-refractivity contribution is 6.42. The van der Waals surface area contributed by atoms with E-state index in [1.807, 2.05) is 18.2 Å². The molecule has 1 rings (SSSR count). The van der Waals surface area contributed by atoms with Crippen molar-refractivity contribution in [2.75, 3.05) is 13.2 Å². The smallest absolute Gasteiger partial charge is 0.0595 e. The zero-order chi connectivity index (χ0) is 12.8. The van der Waals surface area contributed by atoms with Crippen LogP contribution in [0.1, 0.15) is 31.2 Å². The number of rotatable bonds is 6. The topological polar surface area (TPSA) is 46.2 Å². The fourth-order valence-electron chi connectivity index (χ4n) is 1.95. The van der Waals surface area contributed by atoms with Crippen molar-refractivity contribution in [3.05, 3.63) is 33.8 Å². The third-order valence-electron chi connectivity index (χ3n) is 3.12. The Bertz CT molecular complexity index is 353. The van der Waals surface area contributed by atoms with Crippen molar-refractivity contribution in [3.63, 3.8) is 0 Å². The third kappa shape index (κ3) is 4.14. The van der Waals surface area contributed by atoms with Crippen LogP contribution in [0.15, 0.2) is 18.2 Å². The van der Waals surface area contributed by atoms with Gasteiger partial charge in [0.1, 0.15) is 0 Å². The molecule has 0 fully saturated rings. The van der Waals surface area contributed by atoms with Gasteiger partial charge in [0.05, 0.1) is 10.0 Å². The minimum Gasteiger partial charge on any atom is -0.396 e. The number of nitrogens with two attached hydrogens (primary N) is 1. The van der Waals surface area contributed by atoms with Gasteiger partial charge in [-0.15, -0.1) is 0 Å². The molecule has 0 amide bonds. The molecule has 0 radical (unpaired) electrons. The quantitative estimate of drug-likeness (QED) is 0.836. The molecule has 0 spiro atoms. The summed E-state index contributed by atoms with van der Waals surface area (Å²) in [5.41, 5.74) is 6.77. The maximum atomic E-state index is 9.19. The van der Waals surface area contributed by atoms with Crippen molar-refractivity contribution in [2.24, 2.45) is 11.7 Å². The van der Waals surface area contributed by atoms with E-state index in [1.54, 1.807) is 0 Å². The zero-order valence-electron chi connectivity index (χ0n) is 10.00. The predicted molar refractivity (Wildman–Crippen MR) is 73.7 cm³/mol. The summed E-state index contributed by atoms with van der Waals surface area (Å²) >= 11 is 11.9. The number of halogens is 2.